The van der Waals surface area contributed by atoms with Crippen molar-refractivity contribution in [3.8, 4) is 0 Å². The number of epoxide rings is 1. The highest BCUT2D eigenvalue weighted by Crippen LogP contribution is 2.24. The molecule has 1 heterocycles. The van der Waals surface area contributed by atoms with Crippen molar-refractivity contribution in [3.63, 3.8) is 0 Å². The minimum absolute atomic E-state index is 0. The summed E-state index contributed by atoms with van der Waals surface area (Å²) in [7, 11) is 0. The number of halogens is 1. The molecule has 0 aromatic heterocycles. The summed E-state index contributed by atoms with van der Waals surface area (Å²) in [6.07, 6.45) is 7.39. The number of aliphatic hydroxyl groups excluding tert-OH is 6. The van der Waals surface area contributed by atoms with Crippen molar-refractivity contribution in [2.45, 2.75) is 224 Å². The zero-order chi connectivity index (χ0) is 90.1. The van der Waals surface area contributed by atoms with Crippen molar-refractivity contribution in [1.82, 2.24) is 25.8 Å². The van der Waals surface area contributed by atoms with Gasteiger partial charge in [-0.2, -0.15) is 0 Å². The molecule has 0 bridgehead atoms. The number of ether oxygens (including phenoxy) is 1. The molecule has 0 saturated carbocycles. The second-order valence-electron chi connectivity index (χ2n) is 36.6. The molecule has 0 spiro atoms. The largest absolute Gasteiger partial charge is 0.396 e. The van der Waals surface area contributed by atoms with Gasteiger partial charge in [0.25, 0.3) is 0 Å². The summed E-state index contributed by atoms with van der Waals surface area (Å²) >= 11 is 0. The normalized spacial score (nSPS) is 14.6. The summed E-state index contributed by atoms with van der Waals surface area (Å²) in [5.74, 6) is 3.36. The van der Waals surface area contributed by atoms with E-state index in [4.69, 9.17) is 25.8 Å². The standard InChI is InChI=1S/2C20H34N2O2.C15H25NO.C11H14O.2C10H14O.C10H12O.C9H13NO.ClH/c2*1-15(2)13-22(19(24)21-20(4,5)6)14-18(23)16(3)12-17-10-8-7-9-11-17;1-12(2)10-16-11-15(17)13(3)9-14-7-5-4-6-8-14;1-9(11-8-12-11)7-10-5-3-2-4-6-10;3*1-9(8-11)7-10-5-3-2-4-6-10;10-9(7-11)6-8-4-2-1-3-5-8;/h2*7-11,15-16,18,23H,12-14H2,1-6H3,(H,21,24);4-8,12-13,15-17H,9-11H2,1-3H3;2-6,9,11H,7-8H2,1H3;2*2-6,9,11H,7-8H2,1H3;2-6,8-9H,7H2,1H3;1-5,9,11H,6-7,10H2;1H/t2*16-,18+;13-,15+;9-,11+;4*9-;/m00000000./s1. The van der Waals surface area contributed by atoms with Crippen LogP contribution in [0.1, 0.15) is 176 Å². The summed E-state index contributed by atoms with van der Waals surface area (Å²) in [4.78, 5) is 38.8. The average Bonchev–Trinajstić information content (AvgIpc) is 1.66. The van der Waals surface area contributed by atoms with Crippen molar-refractivity contribution in [2.24, 2.45) is 64.9 Å². The van der Waals surface area contributed by atoms with Crippen molar-refractivity contribution in [3.05, 3.63) is 287 Å². The molecule has 17 heteroatoms. The van der Waals surface area contributed by atoms with Gasteiger partial charge in [-0.15, -0.1) is 12.4 Å². The average molecular weight is 1700 g/mol. The lowest BCUT2D eigenvalue weighted by atomic mass is 9.95. The third kappa shape index (κ3) is 57.4. The number of rotatable bonds is 36. The molecule has 122 heavy (non-hydrogen) atoms. The summed E-state index contributed by atoms with van der Waals surface area (Å²) in [6.45, 7) is 44.1. The molecular weight excluding hydrogens is 1540 g/mol. The molecule has 1 saturated heterocycles. The number of aldehydes is 1. The molecule has 9 rings (SSSR count). The van der Waals surface area contributed by atoms with E-state index in [-0.39, 0.29) is 91.2 Å². The summed E-state index contributed by atoms with van der Waals surface area (Å²) < 4.78 is 5.24. The van der Waals surface area contributed by atoms with Gasteiger partial charge in [0.2, 0.25) is 0 Å². The SMILES string of the molecule is CC(C)CN(C[C@@H](O)[C@@H](C)Cc1ccccc1)C(=O)NC(C)(C)C.CC(C)CN(C[C@@H](O)[C@@H](C)Cc1ccccc1)C(=O)NC(C)(C)C.CC(C)CNC[C@@H](O)[C@@H](C)Cc1ccccc1.C[C@@H](Cc1ccccc1)[C@H]1CO1.C[C@H](C=O)Cc1ccccc1.C[C@H](CO)Cc1ccccc1.C[C@H](CO)Cc1ccccc1.Cl.N[C@H](CO)Cc1ccccc1. The minimum atomic E-state index is -0.547. The van der Waals surface area contributed by atoms with Crippen molar-refractivity contribution in [2.75, 3.05) is 65.7 Å². The first kappa shape index (κ1) is 112. The van der Waals surface area contributed by atoms with Crippen molar-refractivity contribution < 1.29 is 49.8 Å². The lowest BCUT2D eigenvalue weighted by Crippen LogP contribution is -2.52. The van der Waals surface area contributed by atoms with Crippen molar-refractivity contribution >= 4 is 30.8 Å². The van der Waals surface area contributed by atoms with E-state index in [2.05, 4.69) is 162 Å². The number of nitrogens with zero attached hydrogens (tertiary/aromatic N) is 2. The summed E-state index contributed by atoms with van der Waals surface area (Å²) in [6, 6.07) is 81.4. The van der Waals surface area contributed by atoms with Crippen LogP contribution in [0.4, 0.5) is 9.59 Å². The smallest absolute Gasteiger partial charge is 0.317 e. The third-order valence-corrected chi connectivity index (χ3v) is 19.7. The van der Waals surface area contributed by atoms with E-state index in [1.165, 1.54) is 44.5 Å². The van der Waals surface area contributed by atoms with E-state index in [0.717, 1.165) is 70.8 Å². The highest BCUT2D eigenvalue weighted by atomic mass is 35.5. The molecule has 16 nitrogen and oxygen atoms in total. The molecule has 1 aliphatic heterocycles. The fourth-order valence-electron chi connectivity index (χ4n) is 12.7. The topological polar surface area (TPSA) is 254 Å². The molecule has 1 aliphatic rings. The quantitative estimate of drug-likeness (QED) is 0.0130. The summed E-state index contributed by atoms with van der Waals surface area (Å²) in [5.41, 5.74) is 15.1. The number of aliphatic hydroxyl groups is 6. The zero-order valence-corrected chi connectivity index (χ0v) is 78.6. The molecule has 0 radical (unpaired) electrons. The van der Waals surface area contributed by atoms with Gasteiger partial charge >= 0.3 is 12.1 Å². The number of carbonyl (C=O) groups excluding carboxylic acids is 3. The Hall–Kier alpha value is -8.10. The number of hydrogen-bond donors (Lipinski definition) is 10. The lowest BCUT2D eigenvalue weighted by Gasteiger charge is -2.32. The van der Waals surface area contributed by atoms with Crippen LogP contribution in [0.2, 0.25) is 0 Å². The first-order valence-electron chi connectivity index (χ1n) is 44.3. The Morgan fingerprint density at radius 3 is 0.893 bits per heavy atom. The second-order valence-corrected chi connectivity index (χ2v) is 36.6. The van der Waals surface area contributed by atoms with Gasteiger partial charge in [-0.25, -0.2) is 9.59 Å². The van der Waals surface area contributed by atoms with Gasteiger partial charge in [-0.1, -0.05) is 333 Å². The minimum Gasteiger partial charge on any atom is -0.396 e. The van der Waals surface area contributed by atoms with Gasteiger partial charge in [0.15, 0.2) is 0 Å². The van der Waals surface area contributed by atoms with Gasteiger partial charge in [0, 0.05) is 69.0 Å². The van der Waals surface area contributed by atoms with E-state index >= 15 is 0 Å². The first-order chi connectivity index (χ1) is 57.4. The zero-order valence-electron chi connectivity index (χ0n) is 77.8. The Balaban J connectivity index is 0.000000711. The fraction of sp³-hybridized carbons (Fsp3) is 0.514. The molecule has 1 fully saturated rings. The fourth-order valence-corrected chi connectivity index (χ4v) is 12.7. The lowest BCUT2D eigenvalue weighted by molar-refractivity contribution is -0.110. The Morgan fingerprint density at radius 1 is 0.385 bits per heavy atom. The summed E-state index contributed by atoms with van der Waals surface area (Å²) in [5, 5.41) is 66.8. The highest BCUT2D eigenvalue weighted by Gasteiger charge is 2.30. The Bertz CT molecular complexity index is 3600. The Labute approximate surface area is 744 Å². The maximum atomic E-state index is 12.5. The first-order valence-corrected chi connectivity index (χ1v) is 44.3. The van der Waals surface area contributed by atoms with Crippen molar-refractivity contribution in [1.29, 1.82) is 0 Å². The van der Waals surface area contributed by atoms with Gasteiger partial charge in [0.1, 0.15) is 6.29 Å². The molecule has 4 amide bonds. The van der Waals surface area contributed by atoms with E-state index in [1.807, 2.05) is 228 Å². The molecule has 11 N–H and O–H groups in total. The van der Waals surface area contributed by atoms with E-state index < -0.39 is 12.2 Å². The number of nitrogens with one attached hydrogen (secondary N) is 3. The van der Waals surface area contributed by atoms with Gasteiger partial charge in [-0.3, -0.25) is 0 Å². The van der Waals surface area contributed by atoms with Crippen LogP contribution in [-0.2, 0) is 60.9 Å². The number of urea groups is 2. The number of amides is 4. The van der Waals surface area contributed by atoms with E-state index in [1.54, 1.807) is 9.80 Å². The predicted molar refractivity (Wildman–Crippen MR) is 513 cm³/mol. The number of benzene rings is 8. The predicted octanol–water partition coefficient (Wildman–Crippen LogP) is 18.9. The molecule has 8 aromatic rings. The van der Waals surface area contributed by atoms with Crippen LogP contribution in [0.25, 0.3) is 0 Å². The van der Waals surface area contributed by atoms with Crippen LogP contribution >= 0.6 is 12.4 Å². The monoisotopic (exact) mass is 1700 g/mol. The number of carbonyl (C=O) groups is 3. The van der Waals surface area contributed by atoms with E-state index in [0.29, 0.717) is 74.3 Å². The van der Waals surface area contributed by atoms with Gasteiger partial charge in [-0.05, 0) is 197 Å². The maximum absolute atomic E-state index is 12.5. The third-order valence-electron chi connectivity index (χ3n) is 19.7. The molecule has 8 aromatic carbocycles. The highest BCUT2D eigenvalue weighted by molar-refractivity contribution is 5.85. The Kier molecular flexibility index (Phi) is 59.3. The van der Waals surface area contributed by atoms with Crippen LogP contribution in [0.3, 0.4) is 0 Å². The molecule has 0 unspecified atom stereocenters. The van der Waals surface area contributed by atoms with Crippen LogP contribution in [-0.4, -0.2) is 166 Å². The Morgan fingerprint density at radius 2 is 0.648 bits per heavy atom. The molecular formula is C105H161ClN6O10. The van der Waals surface area contributed by atoms with Gasteiger partial charge < -0.3 is 71.7 Å². The number of hydrogen-bond acceptors (Lipinski definition) is 12. The maximum Gasteiger partial charge on any atom is 0.317 e. The van der Waals surface area contributed by atoms with Crippen LogP contribution in [0.15, 0.2) is 243 Å². The van der Waals surface area contributed by atoms with Crippen LogP contribution in [0.5, 0.6) is 0 Å². The van der Waals surface area contributed by atoms with Gasteiger partial charge in [0.05, 0.1) is 37.6 Å². The molecule has 0 aliphatic carbocycles. The number of nitrogens with two attached hydrogens (primary N) is 1. The molecule has 12 atom stereocenters. The van der Waals surface area contributed by atoms with Crippen LogP contribution < -0.4 is 21.7 Å². The van der Waals surface area contributed by atoms with Crippen LogP contribution in [0, 0.1) is 59.2 Å². The van der Waals surface area contributed by atoms with E-state index in [9.17, 15) is 29.7 Å². The second kappa shape index (κ2) is 64.6. The molecule has 678 valence electrons.